The van der Waals surface area contributed by atoms with Gasteiger partial charge in [0.25, 0.3) is 0 Å². The Bertz CT molecular complexity index is 569. The minimum absolute atomic E-state index is 0.235. The number of halogens is 2. The highest BCUT2D eigenvalue weighted by atomic mass is 79.9. The SMILES string of the molecule is CCOc1ccc(C(O)Cc2cc(Br)ccc2F)cc1. The average molecular weight is 339 g/mol. The molecule has 0 aliphatic carbocycles. The summed E-state index contributed by atoms with van der Waals surface area (Å²) in [6.45, 7) is 2.52. The number of aliphatic hydroxyl groups excluding tert-OH is 1. The number of hydrogen-bond acceptors (Lipinski definition) is 2. The first-order valence-electron chi connectivity index (χ1n) is 6.45. The van der Waals surface area contributed by atoms with Crippen molar-refractivity contribution >= 4 is 15.9 Å². The fraction of sp³-hybridized carbons (Fsp3) is 0.250. The lowest BCUT2D eigenvalue weighted by atomic mass is 10.0. The van der Waals surface area contributed by atoms with Crippen molar-refractivity contribution in [1.29, 1.82) is 0 Å². The van der Waals surface area contributed by atoms with Crippen LogP contribution in [0.4, 0.5) is 4.39 Å². The summed E-state index contributed by atoms with van der Waals surface area (Å²) in [6.07, 6.45) is -0.506. The molecule has 2 aromatic rings. The van der Waals surface area contributed by atoms with Gasteiger partial charge in [-0.1, -0.05) is 28.1 Å². The predicted octanol–water partition coefficient (Wildman–Crippen LogP) is 4.26. The Morgan fingerprint density at radius 2 is 1.90 bits per heavy atom. The van der Waals surface area contributed by atoms with Gasteiger partial charge in [-0.25, -0.2) is 4.39 Å². The Balaban J connectivity index is 2.11. The molecule has 20 heavy (non-hydrogen) atoms. The van der Waals surface area contributed by atoms with Crippen molar-refractivity contribution in [2.75, 3.05) is 6.61 Å². The van der Waals surface area contributed by atoms with Crippen LogP contribution in [0.25, 0.3) is 0 Å². The molecule has 2 aromatic carbocycles. The summed E-state index contributed by atoms with van der Waals surface area (Å²) in [6, 6.07) is 11.9. The normalized spacial score (nSPS) is 12.2. The minimum atomic E-state index is -0.741. The van der Waals surface area contributed by atoms with Crippen LogP contribution in [0.2, 0.25) is 0 Å². The molecule has 0 spiro atoms. The van der Waals surface area contributed by atoms with Gasteiger partial charge in [0, 0.05) is 10.9 Å². The molecule has 1 N–H and O–H groups in total. The Hall–Kier alpha value is -1.39. The lowest BCUT2D eigenvalue weighted by Gasteiger charge is -2.13. The molecule has 0 bridgehead atoms. The molecule has 0 aromatic heterocycles. The molecule has 0 aliphatic rings. The standard InChI is InChI=1S/C16H16BrFO2/c1-2-20-14-6-3-11(4-7-14)16(19)10-12-9-13(17)5-8-15(12)18/h3-9,16,19H,2,10H2,1H3. The highest BCUT2D eigenvalue weighted by Gasteiger charge is 2.12. The van der Waals surface area contributed by atoms with Crippen molar-refractivity contribution in [3.63, 3.8) is 0 Å². The van der Waals surface area contributed by atoms with E-state index in [1.165, 1.54) is 6.07 Å². The van der Waals surface area contributed by atoms with E-state index in [1.54, 1.807) is 36.4 Å². The number of benzene rings is 2. The van der Waals surface area contributed by atoms with Gasteiger partial charge in [-0.15, -0.1) is 0 Å². The van der Waals surface area contributed by atoms with Crippen molar-refractivity contribution in [2.24, 2.45) is 0 Å². The summed E-state index contributed by atoms with van der Waals surface area (Å²) in [7, 11) is 0. The molecule has 0 heterocycles. The molecule has 2 nitrogen and oxygen atoms in total. The molecule has 2 rings (SSSR count). The zero-order valence-corrected chi connectivity index (χ0v) is 12.7. The number of hydrogen-bond donors (Lipinski definition) is 1. The maximum absolute atomic E-state index is 13.7. The van der Waals surface area contributed by atoms with Crippen molar-refractivity contribution in [2.45, 2.75) is 19.4 Å². The highest BCUT2D eigenvalue weighted by Crippen LogP contribution is 2.24. The van der Waals surface area contributed by atoms with Gasteiger partial charge in [0.05, 0.1) is 12.7 Å². The van der Waals surface area contributed by atoms with Crippen molar-refractivity contribution in [3.8, 4) is 5.75 Å². The summed E-state index contributed by atoms with van der Waals surface area (Å²) in [5.74, 6) is 0.454. The molecule has 0 radical (unpaired) electrons. The molecule has 1 atom stereocenters. The summed E-state index contributed by atoms with van der Waals surface area (Å²) < 4.78 is 19.8. The lowest BCUT2D eigenvalue weighted by molar-refractivity contribution is 0.177. The average Bonchev–Trinajstić information content (AvgIpc) is 2.44. The van der Waals surface area contributed by atoms with Crippen molar-refractivity contribution in [1.82, 2.24) is 0 Å². The van der Waals surface area contributed by atoms with Gasteiger partial charge in [0.2, 0.25) is 0 Å². The van der Waals surface area contributed by atoms with Crippen LogP contribution in [-0.4, -0.2) is 11.7 Å². The zero-order chi connectivity index (χ0) is 14.5. The van der Waals surface area contributed by atoms with Gasteiger partial charge in [-0.2, -0.15) is 0 Å². The number of ether oxygens (including phenoxy) is 1. The van der Waals surface area contributed by atoms with Crippen LogP contribution < -0.4 is 4.74 Å². The third kappa shape index (κ3) is 3.81. The van der Waals surface area contributed by atoms with E-state index in [-0.39, 0.29) is 12.2 Å². The van der Waals surface area contributed by atoms with E-state index in [9.17, 15) is 9.50 Å². The van der Waals surface area contributed by atoms with Gasteiger partial charge in [0.15, 0.2) is 0 Å². The van der Waals surface area contributed by atoms with E-state index in [0.717, 1.165) is 15.8 Å². The Morgan fingerprint density at radius 3 is 2.55 bits per heavy atom. The van der Waals surface area contributed by atoms with Gasteiger partial charge in [-0.05, 0) is 48.4 Å². The second-order valence-corrected chi connectivity index (χ2v) is 5.37. The van der Waals surface area contributed by atoms with E-state index in [1.807, 2.05) is 6.92 Å². The number of aliphatic hydroxyl groups is 1. The van der Waals surface area contributed by atoms with E-state index >= 15 is 0 Å². The van der Waals surface area contributed by atoms with Crippen molar-refractivity contribution in [3.05, 3.63) is 63.9 Å². The van der Waals surface area contributed by atoms with Crippen LogP contribution in [-0.2, 0) is 6.42 Å². The second-order valence-electron chi connectivity index (χ2n) is 4.46. The summed E-state index contributed by atoms with van der Waals surface area (Å²) >= 11 is 3.30. The van der Waals surface area contributed by atoms with E-state index in [0.29, 0.717) is 12.2 Å². The first-order chi connectivity index (χ1) is 9.60. The maximum atomic E-state index is 13.7. The van der Waals surface area contributed by atoms with Crippen LogP contribution in [0.3, 0.4) is 0 Å². The molecular weight excluding hydrogens is 323 g/mol. The largest absolute Gasteiger partial charge is 0.494 e. The molecule has 106 valence electrons. The fourth-order valence-corrected chi connectivity index (χ4v) is 2.39. The van der Waals surface area contributed by atoms with Crippen molar-refractivity contribution < 1.29 is 14.2 Å². The summed E-state index contributed by atoms with van der Waals surface area (Å²) in [4.78, 5) is 0. The molecular formula is C16H16BrFO2. The first kappa shape index (κ1) is 15.0. The Kier molecular flexibility index (Phi) is 5.15. The molecule has 0 saturated heterocycles. The van der Waals surface area contributed by atoms with Crippen LogP contribution in [0, 0.1) is 5.82 Å². The van der Waals surface area contributed by atoms with Gasteiger partial charge in [0.1, 0.15) is 11.6 Å². The molecule has 1 unspecified atom stereocenters. The lowest BCUT2D eigenvalue weighted by Crippen LogP contribution is -2.04. The van der Waals surface area contributed by atoms with Crippen LogP contribution >= 0.6 is 15.9 Å². The molecule has 0 amide bonds. The van der Waals surface area contributed by atoms with E-state index in [4.69, 9.17) is 4.74 Å². The van der Waals surface area contributed by atoms with E-state index < -0.39 is 6.10 Å². The maximum Gasteiger partial charge on any atom is 0.126 e. The van der Waals surface area contributed by atoms with Crippen LogP contribution in [0.5, 0.6) is 5.75 Å². The molecule has 0 aliphatic heterocycles. The highest BCUT2D eigenvalue weighted by molar-refractivity contribution is 9.10. The topological polar surface area (TPSA) is 29.5 Å². The predicted molar refractivity (Wildman–Crippen MR) is 80.4 cm³/mol. The quantitative estimate of drug-likeness (QED) is 0.882. The molecule has 4 heteroatoms. The second kappa shape index (κ2) is 6.86. The summed E-state index contributed by atoms with van der Waals surface area (Å²) in [5.41, 5.74) is 1.23. The fourth-order valence-electron chi connectivity index (χ4n) is 1.98. The minimum Gasteiger partial charge on any atom is -0.494 e. The van der Waals surface area contributed by atoms with E-state index in [2.05, 4.69) is 15.9 Å². The Morgan fingerprint density at radius 1 is 1.20 bits per heavy atom. The van der Waals surface area contributed by atoms with Crippen LogP contribution in [0.1, 0.15) is 24.2 Å². The van der Waals surface area contributed by atoms with Gasteiger partial charge >= 0.3 is 0 Å². The monoisotopic (exact) mass is 338 g/mol. The van der Waals surface area contributed by atoms with Gasteiger partial charge in [-0.3, -0.25) is 0 Å². The smallest absolute Gasteiger partial charge is 0.126 e. The third-order valence-electron chi connectivity index (χ3n) is 3.00. The van der Waals surface area contributed by atoms with Gasteiger partial charge < -0.3 is 9.84 Å². The number of rotatable bonds is 5. The van der Waals surface area contributed by atoms with Crippen LogP contribution in [0.15, 0.2) is 46.9 Å². The molecule has 0 saturated carbocycles. The summed E-state index contributed by atoms with van der Waals surface area (Å²) in [5, 5.41) is 10.2. The third-order valence-corrected chi connectivity index (χ3v) is 3.49. The molecule has 0 fully saturated rings. The zero-order valence-electron chi connectivity index (χ0n) is 11.1. The Labute approximate surface area is 126 Å². The first-order valence-corrected chi connectivity index (χ1v) is 7.24.